The van der Waals surface area contributed by atoms with E-state index in [0.717, 1.165) is 11.1 Å². The predicted molar refractivity (Wildman–Crippen MR) is 127 cm³/mol. The molecule has 1 atom stereocenters. The van der Waals surface area contributed by atoms with Gasteiger partial charge in [-0.15, -0.1) is 0 Å². The summed E-state index contributed by atoms with van der Waals surface area (Å²) in [6.45, 7) is 2.19. The number of carbonyl (C=O) groups excluding carboxylic acids is 1. The van der Waals surface area contributed by atoms with Gasteiger partial charge >= 0.3 is 0 Å². The van der Waals surface area contributed by atoms with E-state index in [0.29, 0.717) is 23.2 Å². The van der Waals surface area contributed by atoms with E-state index >= 15 is 0 Å². The maximum Gasteiger partial charge on any atom is 0.270 e. The molecule has 0 aliphatic heterocycles. The van der Waals surface area contributed by atoms with Crippen LogP contribution in [0.2, 0.25) is 5.02 Å². The van der Waals surface area contributed by atoms with E-state index in [4.69, 9.17) is 16.1 Å². The lowest BCUT2D eigenvalue weighted by molar-refractivity contribution is -0.384. The Labute approximate surface area is 200 Å². The van der Waals surface area contributed by atoms with Gasteiger partial charge in [0.1, 0.15) is 0 Å². The molecule has 0 N–H and O–H groups in total. The van der Waals surface area contributed by atoms with Gasteiger partial charge in [-0.25, -0.2) is 0 Å². The average molecular weight is 477 g/mol. The number of carbonyl (C=O) groups is 1. The van der Waals surface area contributed by atoms with Gasteiger partial charge in [-0.2, -0.15) is 4.98 Å². The van der Waals surface area contributed by atoms with Crippen LogP contribution in [-0.2, 0) is 6.42 Å². The van der Waals surface area contributed by atoms with Crippen LogP contribution in [0.5, 0.6) is 0 Å². The molecule has 0 fully saturated rings. The number of hydrogen-bond acceptors (Lipinski definition) is 6. The van der Waals surface area contributed by atoms with Crippen molar-refractivity contribution in [1.82, 2.24) is 15.0 Å². The second kappa shape index (κ2) is 10.3. The fourth-order valence-electron chi connectivity index (χ4n) is 3.62. The summed E-state index contributed by atoms with van der Waals surface area (Å²) in [5.41, 5.74) is 1.76. The molecule has 0 saturated heterocycles. The van der Waals surface area contributed by atoms with E-state index in [1.807, 2.05) is 43.3 Å². The summed E-state index contributed by atoms with van der Waals surface area (Å²) in [5, 5.41) is 15.8. The minimum Gasteiger partial charge on any atom is -0.339 e. The molecular formula is C25H21ClN4O4. The molecule has 0 spiro atoms. The van der Waals surface area contributed by atoms with Crippen LogP contribution in [0.25, 0.3) is 11.4 Å². The van der Waals surface area contributed by atoms with Crippen molar-refractivity contribution >= 4 is 23.2 Å². The molecule has 8 nitrogen and oxygen atoms in total. The normalized spacial score (nSPS) is 11.7. The number of nitro benzene ring substituents is 1. The van der Waals surface area contributed by atoms with Crippen molar-refractivity contribution in [3.05, 3.63) is 111 Å². The molecule has 0 unspecified atom stereocenters. The van der Waals surface area contributed by atoms with Crippen LogP contribution in [-0.4, -0.2) is 32.4 Å². The molecule has 0 saturated carbocycles. The van der Waals surface area contributed by atoms with Gasteiger partial charge in [0, 0.05) is 41.2 Å². The third-order valence-corrected chi connectivity index (χ3v) is 5.67. The van der Waals surface area contributed by atoms with E-state index < -0.39 is 4.92 Å². The van der Waals surface area contributed by atoms with Crippen molar-refractivity contribution < 1.29 is 14.2 Å². The number of halogens is 1. The monoisotopic (exact) mass is 476 g/mol. The van der Waals surface area contributed by atoms with Crippen LogP contribution in [0.1, 0.15) is 34.8 Å². The van der Waals surface area contributed by atoms with E-state index in [1.165, 1.54) is 18.2 Å². The summed E-state index contributed by atoms with van der Waals surface area (Å²) >= 11 is 6.05. The number of amides is 1. The molecule has 0 aliphatic rings. The van der Waals surface area contributed by atoms with E-state index in [9.17, 15) is 14.9 Å². The molecule has 0 radical (unpaired) electrons. The van der Waals surface area contributed by atoms with Crippen LogP contribution in [0, 0.1) is 10.1 Å². The Kier molecular flexibility index (Phi) is 6.98. The highest BCUT2D eigenvalue weighted by Crippen LogP contribution is 2.25. The zero-order valence-corrected chi connectivity index (χ0v) is 19.1. The first-order chi connectivity index (χ1) is 16.4. The Morgan fingerprint density at radius 3 is 2.59 bits per heavy atom. The Morgan fingerprint density at radius 1 is 1.09 bits per heavy atom. The first-order valence-corrected chi connectivity index (χ1v) is 11.0. The van der Waals surface area contributed by atoms with Gasteiger partial charge in [0.15, 0.2) is 0 Å². The van der Waals surface area contributed by atoms with Crippen molar-refractivity contribution in [2.45, 2.75) is 19.4 Å². The molecule has 1 amide bonds. The zero-order valence-electron chi connectivity index (χ0n) is 18.3. The summed E-state index contributed by atoms with van der Waals surface area (Å²) in [7, 11) is 0. The minimum absolute atomic E-state index is 0.138. The Balaban J connectivity index is 1.58. The van der Waals surface area contributed by atoms with Crippen LogP contribution in [0.3, 0.4) is 0 Å². The van der Waals surface area contributed by atoms with Gasteiger partial charge in [-0.05, 0) is 30.7 Å². The summed E-state index contributed by atoms with van der Waals surface area (Å²) in [5.74, 6) is 0.451. The largest absolute Gasteiger partial charge is 0.339 e. The van der Waals surface area contributed by atoms with Gasteiger partial charge in [0.25, 0.3) is 11.6 Å². The molecule has 0 bridgehead atoms. The summed E-state index contributed by atoms with van der Waals surface area (Å²) < 4.78 is 5.40. The zero-order chi connectivity index (χ0) is 24.1. The lowest BCUT2D eigenvalue weighted by Crippen LogP contribution is -2.35. The predicted octanol–water partition coefficient (Wildman–Crippen LogP) is 5.74. The van der Waals surface area contributed by atoms with E-state index in [1.54, 1.807) is 29.2 Å². The van der Waals surface area contributed by atoms with E-state index in [-0.39, 0.29) is 29.7 Å². The molecule has 3 aromatic carbocycles. The molecule has 34 heavy (non-hydrogen) atoms. The number of nitrogens with zero attached hydrogens (tertiary/aromatic N) is 4. The lowest BCUT2D eigenvalue weighted by atomic mass is 10.0. The van der Waals surface area contributed by atoms with Crippen molar-refractivity contribution in [3.63, 3.8) is 0 Å². The van der Waals surface area contributed by atoms with Crippen LogP contribution >= 0.6 is 11.6 Å². The smallest absolute Gasteiger partial charge is 0.270 e. The van der Waals surface area contributed by atoms with Crippen molar-refractivity contribution in [2.75, 3.05) is 6.54 Å². The van der Waals surface area contributed by atoms with E-state index in [2.05, 4.69) is 10.1 Å². The third-order valence-electron chi connectivity index (χ3n) is 5.43. The Hall–Kier alpha value is -4.04. The highest BCUT2D eigenvalue weighted by molar-refractivity contribution is 6.30. The third kappa shape index (κ3) is 5.29. The number of rotatable bonds is 8. The van der Waals surface area contributed by atoms with Crippen LogP contribution < -0.4 is 0 Å². The first-order valence-electron chi connectivity index (χ1n) is 10.6. The highest BCUT2D eigenvalue weighted by atomic mass is 35.5. The quantitative estimate of drug-likeness (QED) is 0.237. The summed E-state index contributed by atoms with van der Waals surface area (Å²) in [4.78, 5) is 30.2. The topological polar surface area (TPSA) is 102 Å². The molecule has 0 aliphatic carbocycles. The van der Waals surface area contributed by atoms with Crippen LogP contribution in [0.4, 0.5) is 5.69 Å². The second-order valence-electron chi connectivity index (χ2n) is 7.66. The maximum absolute atomic E-state index is 13.4. The fraction of sp³-hybridized carbons (Fsp3) is 0.160. The summed E-state index contributed by atoms with van der Waals surface area (Å²) in [6.07, 6.45) is 0.311. The van der Waals surface area contributed by atoms with Gasteiger partial charge in [0.2, 0.25) is 11.7 Å². The number of nitro groups is 1. The van der Waals surface area contributed by atoms with Crippen molar-refractivity contribution in [1.29, 1.82) is 0 Å². The number of hydrogen-bond donors (Lipinski definition) is 0. The molecule has 4 aromatic rings. The fourth-order valence-corrected chi connectivity index (χ4v) is 3.81. The molecule has 4 rings (SSSR count). The standard InChI is InChI=1S/C25H21ClN4O4/c1-17(18-7-3-2-4-8-18)29(25(31)20-10-6-12-22(16-20)30(32)33)14-13-23-27-24(28-34-23)19-9-5-11-21(26)15-19/h2-12,15-17H,13-14H2,1H3/t17-/m1/s1. The lowest BCUT2D eigenvalue weighted by Gasteiger charge is -2.29. The average Bonchev–Trinajstić information content (AvgIpc) is 3.33. The number of non-ortho nitro benzene ring substituents is 1. The SMILES string of the molecule is C[C@H](c1ccccc1)N(CCc1nc(-c2cccc(Cl)c2)no1)C(=O)c1cccc([N+](=O)[O-])c1. The molecule has 1 heterocycles. The van der Waals surface area contributed by atoms with Gasteiger partial charge in [0.05, 0.1) is 11.0 Å². The number of aromatic nitrogens is 2. The molecule has 172 valence electrons. The Bertz CT molecular complexity index is 1310. The first kappa shape index (κ1) is 23.1. The van der Waals surface area contributed by atoms with Crippen LogP contribution in [0.15, 0.2) is 83.4 Å². The number of benzene rings is 3. The summed E-state index contributed by atoms with van der Waals surface area (Å²) in [6, 6.07) is 22.1. The van der Waals surface area contributed by atoms with Gasteiger partial charge < -0.3 is 9.42 Å². The molecular weight excluding hydrogens is 456 g/mol. The second-order valence-corrected chi connectivity index (χ2v) is 8.10. The van der Waals surface area contributed by atoms with Gasteiger partial charge in [-0.1, -0.05) is 65.3 Å². The highest BCUT2D eigenvalue weighted by Gasteiger charge is 2.25. The Morgan fingerprint density at radius 2 is 1.85 bits per heavy atom. The molecule has 9 heteroatoms. The van der Waals surface area contributed by atoms with Crippen molar-refractivity contribution in [2.24, 2.45) is 0 Å². The maximum atomic E-state index is 13.4. The van der Waals surface area contributed by atoms with Crippen molar-refractivity contribution in [3.8, 4) is 11.4 Å². The molecule has 1 aromatic heterocycles. The van der Waals surface area contributed by atoms with Gasteiger partial charge in [-0.3, -0.25) is 14.9 Å². The minimum atomic E-state index is -0.516.